The Morgan fingerprint density at radius 1 is 1.31 bits per heavy atom. The summed E-state index contributed by atoms with van der Waals surface area (Å²) in [6.45, 7) is 1.73. The first kappa shape index (κ1) is 18.2. The van der Waals surface area contributed by atoms with Gasteiger partial charge in [-0.05, 0) is 24.6 Å². The van der Waals surface area contributed by atoms with E-state index in [0.717, 1.165) is 0 Å². The number of para-hydroxylation sites is 1. The van der Waals surface area contributed by atoms with Crippen molar-refractivity contribution in [3.05, 3.63) is 51.1 Å². The topological polar surface area (TPSA) is 118 Å². The molecule has 9 heteroatoms. The van der Waals surface area contributed by atoms with Crippen molar-refractivity contribution in [2.45, 2.75) is 18.5 Å². The molecule has 0 aliphatic heterocycles. The van der Waals surface area contributed by atoms with Gasteiger partial charge in [0.2, 0.25) is 5.91 Å². The van der Waals surface area contributed by atoms with Crippen molar-refractivity contribution in [3.63, 3.8) is 0 Å². The van der Waals surface area contributed by atoms with E-state index in [1.165, 1.54) is 23.1 Å². The van der Waals surface area contributed by atoms with Crippen molar-refractivity contribution < 1.29 is 9.59 Å². The van der Waals surface area contributed by atoms with Crippen LogP contribution < -0.4 is 16.6 Å². The van der Waals surface area contributed by atoms with Crippen LogP contribution in [0, 0.1) is 6.92 Å². The van der Waals surface area contributed by atoms with E-state index in [9.17, 15) is 14.4 Å². The number of carbonyl (C=O) groups excluding carboxylic acids is 2. The molecule has 134 valence electrons. The SMILES string of the molecule is Cc1c(C(=O)Nc2ccccc2)sc2nc(SCCC(N)=O)[nH]c(=O)c12. The van der Waals surface area contributed by atoms with Crippen LogP contribution in [0.4, 0.5) is 5.69 Å². The number of aromatic amines is 1. The van der Waals surface area contributed by atoms with Crippen molar-refractivity contribution in [1.82, 2.24) is 9.97 Å². The van der Waals surface area contributed by atoms with E-state index in [1.54, 1.807) is 19.1 Å². The minimum atomic E-state index is -0.409. The van der Waals surface area contributed by atoms with Crippen LogP contribution in [0.5, 0.6) is 0 Å². The lowest BCUT2D eigenvalue weighted by atomic mass is 10.2. The van der Waals surface area contributed by atoms with Gasteiger partial charge in [-0.25, -0.2) is 4.98 Å². The second-order valence-corrected chi connectivity index (χ2v) is 7.58. The van der Waals surface area contributed by atoms with E-state index in [-0.39, 0.29) is 17.9 Å². The highest BCUT2D eigenvalue weighted by Crippen LogP contribution is 2.29. The van der Waals surface area contributed by atoms with Crippen molar-refractivity contribution >= 4 is 50.8 Å². The number of rotatable bonds is 6. The lowest BCUT2D eigenvalue weighted by molar-refractivity contribution is -0.117. The maximum Gasteiger partial charge on any atom is 0.266 e. The summed E-state index contributed by atoms with van der Waals surface area (Å²) in [5.74, 6) is -0.262. The molecular formula is C17H16N4O3S2. The first-order valence-electron chi connectivity index (χ1n) is 7.76. The highest BCUT2D eigenvalue weighted by atomic mass is 32.2. The Balaban J connectivity index is 1.89. The average molecular weight is 388 g/mol. The third-order valence-electron chi connectivity index (χ3n) is 3.60. The molecule has 26 heavy (non-hydrogen) atoms. The van der Waals surface area contributed by atoms with Gasteiger partial charge in [0.25, 0.3) is 11.5 Å². The maximum absolute atomic E-state index is 12.6. The zero-order valence-corrected chi connectivity index (χ0v) is 15.5. The predicted molar refractivity (Wildman–Crippen MR) is 104 cm³/mol. The van der Waals surface area contributed by atoms with Crippen LogP contribution in [-0.2, 0) is 4.79 Å². The van der Waals surface area contributed by atoms with Gasteiger partial charge in [0.15, 0.2) is 5.16 Å². The molecule has 0 atom stereocenters. The molecule has 0 saturated heterocycles. The van der Waals surface area contributed by atoms with Crippen LogP contribution in [0.15, 0.2) is 40.3 Å². The Labute approximate surface area is 157 Å². The number of benzene rings is 1. The molecule has 2 heterocycles. The lowest BCUT2D eigenvalue weighted by Crippen LogP contribution is -2.13. The van der Waals surface area contributed by atoms with Gasteiger partial charge < -0.3 is 16.0 Å². The Morgan fingerprint density at radius 3 is 2.73 bits per heavy atom. The number of nitrogens with one attached hydrogen (secondary N) is 2. The molecule has 7 nitrogen and oxygen atoms in total. The third-order valence-corrected chi connectivity index (χ3v) is 5.66. The van der Waals surface area contributed by atoms with E-state index >= 15 is 0 Å². The Hall–Kier alpha value is -2.65. The molecule has 0 radical (unpaired) electrons. The summed E-state index contributed by atoms with van der Waals surface area (Å²) in [5.41, 5.74) is 6.09. The largest absolute Gasteiger partial charge is 0.370 e. The van der Waals surface area contributed by atoms with Crippen LogP contribution in [0.1, 0.15) is 21.7 Å². The standard InChI is InChI=1S/C17H16N4O3S2/c1-9-12-14(23)20-17(25-8-7-11(18)22)21-16(12)26-13(9)15(24)19-10-5-3-2-4-6-10/h2-6H,7-8H2,1H3,(H2,18,22)(H,19,24)(H,20,21,23). The highest BCUT2D eigenvalue weighted by Gasteiger charge is 2.19. The lowest BCUT2D eigenvalue weighted by Gasteiger charge is -2.03. The van der Waals surface area contributed by atoms with Crippen molar-refractivity contribution in [3.8, 4) is 0 Å². The predicted octanol–water partition coefficient (Wildman–Crippen LogP) is 2.51. The summed E-state index contributed by atoms with van der Waals surface area (Å²) in [7, 11) is 0. The first-order valence-corrected chi connectivity index (χ1v) is 9.57. The minimum Gasteiger partial charge on any atom is -0.370 e. The maximum atomic E-state index is 12.6. The normalized spacial score (nSPS) is 10.8. The molecule has 4 N–H and O–H groups in total. The van der Waals surface area contributed by atoms with Crippen LogP contribution in [-0.4, -0.2) is 27.5 Å². The molecule has 3 rings (SSSR count). The molecule has 0 aliphatic rings. The molecule has 1 aromatic carbocycles. The number of carbonyl (C=O) groups is 2. The number of hydrogen-bond acceptors (Lipinski definition) is 6. The van der Waals surface area contributed by atoms with Crippen LogP contribution in [0.2, 0.25) is 0 Å². The number of thiophene rings is 1. The smallest absolute Gasteiger partial charge is 0.266 e. The number of aryl methyl sites for hydroxylation is 1. The fourth-order valence-corrected chi connectivity index (χ4v) is 4.32. The minimum absolute atomic E-state index is 0.195. The number of H-pyrrole nitrogens is 1. The van der Waals surface area contributed by atoms with E-state index in [0.29, 0.717) is 37.3 Å². The Morgan fingerprint density at radius 2 is 2.04 bits per heavy atom. The molecule has 2 aromatic heterocycles. The number of nitrogens with two attached hydrogens (primary N) is 1. The molecule has 2 amide bonds. The molecule has 0 spiro atoms. The number of nitrogens with zero attached hydrogens (tertiary/aromatic N) is 1. The Kier molecular flexibility index (Phi) is 5.38. The van der Waals surface area contributed by atoms with Gasteiger partial charge in [0, 0.05) is 17.9 Å². The van der Waals surface area contributed by atoms with Gasteiger partial charge >= 0.3 is 0 Å². The number of amides is 2. The first-order chi connectivity index (χ1) is 12.5. The summed E-state index contributed by atoms with van der Waals surface area (Å²) in [5, 5.41) is 3.63. The number of aromatic nitrogens is 2. The van der Waals surface area contributed by atoms with Crippen molar-refractivity contribution in [2.24, 2.45) is 5.73 Å². The van der Waals surface area contributed by atoms with Gasteiger partial charge in [-0.2, -0.15) is 0 Å². The van der Waals surface area contributed by atoms with Crippen molar-refractivity contribution in [1.29, 1.82) is 0 Å². The highest BCUT2D eigenvalue weighted by molar-refractivity contribution is 7.99. The summed E-state index contributed by atoms with van der Waals surface area (Å²) < 4.78 is 0. The summed E-state index contributed by atoms with van der Waals surface area (Å²) >= 11 is 2.41. The van der Waals surface area contributed by atoms with E-state index < -0.39 is 5.91 Å². The average Bonchev–Trinajstić information content (AvgIpc) is 2.93. The number of fused-ring (bicyclic) bond motifs is 1. The summed E-state index contributed by atoms with van der Waals surface area (Å²) in [6.07, 6.45) is 0.195. The molecule has 0 bridgehead atoms. The molecule has 3 aromatic rings. The van der Waals surface area contributed by atoms with Gasteiger partial charge in [0.1, 0.15) is 4.83 Å². The second-order valence-electron chi connectivity index (χ2n) is 5.49. The third kappa shape index (κ3) is 3.94. The van der Waals surface area contributed by atoms with Crippen LogP contribution in [0.3, 0.4) is 0 Å². The van der Waals surface area contributed by atoms with Gasteiger partial charge in [-0.15, -0.1) is 11.3 Å². The Bertz CT molecular complexity index is 1030. The summed E-state index contributed by atoms with van der Waals surface area (Å²) in [6, 6.07) is 9.10. The van der Waals surface area contributed by atoms with E-state index in [4.69, 9.17) is 5.73 Å². The van der Waals surface area contributed by atoms with Crippen LogP contribution >= 0.6 is 23.1 Å². The molecular weight excluding hydrogens is 372 g/mol. The van der Waals surface area contributed by atoms with Gasteiger partial charge in [0.05, 0.1) is 10.3 Å². The van der Waals surface area contributed by atoms with Crippen LogP contribution in [0.25, 0.3) is 10.2 Å². The molecule has 0 aliphatic carbocycles. The molecule has 0 saturated carbocycles. The quantitative estimate of drug-likeness (QED) is 0.443. The van der Waals surface area contributed by atoms with Gasteiger partial charge in [-0.3, -0.25) is 14.4 Å². The van der Waals surface area contributed by atoms with E-state index in [1.807, 2.05) is 18.2 Å². The number of hydrogen-bond donors (Lipinski definition) is 3. The number of anilines is 1. The monoisotopic (exact) mass is 388 g/mol. The number of primary amides is 1. The molecule has 0 unspecified atom stereocenters. The molecule has 0 fully saturated rings. The fourth-order valence-electron chi connectivity index (χ4n) is 2.37. The zero-order valence-electron chi connectivity index (χ0n) is 13.9. The van der Waals surface area contributed by atoms with Gasteiger partial charge in [-0.1, -0.05) is 30.0 Å². The van der Waals surface area contributed by atoms with E-state index in [2.05, 4.69) is 15.3 Å². The zero-order chi connectivity index (χ0) is 18.7. The number of thioether (sulfide) groups is 1. The van der Waals surface area contributed by atoms with Crippen molar-refractivity contribution in [2.75, 3.05) is 11.1 Å². The fraction of sp³-hybridized carbons (Fsp3) is 0.176. The second kappa shape index (κ2) is 7.71. The summed E-state index contributed by atoms with van der Waals surface area (Å²) in [4.78, 5) is 43.8.